The van der Waals surface area contributed by atoms with E-state index in [0.717, 1.165) is 30.0 Å². The summed E-state index contributed by atoms with van der Waals surface area (Å²) in [5.74, 6) is 1.44. The Balaban J connectivity index is 1.93. The van der Waals surface area contributed by atoms with Crippen molar-refractivity contribution in [3.8, 4) is 11.4 Å². The van der Waals surface area contributed by atoms with Gasteiger partial charge in [0.15, 0.2) is 0 Å². The Morgan fingerprint density at radius 3 is 2.63 bits per heavy atom. The van der Waals surface area contributed by atoms with Gasteiger partial charge in [-0.15, -0.1) is 0 Å². The Hall–Kier alpha value is -1.90. The third-order valence-electron chi connectivity index (χ3n) is 3.53. The molecule has 19 heavy (non-hydrogen) atoms. The van der Waals surface area contributed by atoms with Crippen molar-refractivity contribution in [1.82, 2.24) is 9.97 Å². The van der Waals surface area contributed by atoms with Crippen molar-refractivity contribution in [2.24, 2.45) is 0 Å². The lowest BCUT2D eigenvalue weighted by molar-refractivity contribution is 0.870. The quantitative estimate of drug-likeness (QED) is 0.910. The second kappa shape index (κ2) is 5.00. The van der Waals surface area contributed by atoms with Crippen LogP contribution in [-0.4, -0.2) is 9.97 Å². The van der Waals surface area contributed by atoms with Crippen molar-refractivity contribution >= 4 is 0 Å². The van der Waals surface area contributed by atoms with Crippen LogP contribution in [0.15, 0.2) is 35.1 Å². The van der Waals surface area contributed by atoms with Crippen LogP contribution in [-0.2, 0) is 6.42 Å². The van der Waals surface area contributed by atoms with Gasteiger partial charge in [-0.3, -0.25) is 4.79 Å². The molecular weight excluding hydrogens is 236 g/mol. The molecule has 3 nitrogen and oxygen atoms in total. The topological polar surface area (TPSA) is 45.8 Å². The number of hydrogen-bond acceptors (Lipinski definition) is 2. The molecule has 0 radical (unpaired) electrons. The molecule has 1 N–H and O–H groups in total. The van der Waals surface area contributed by atoms with E-state index in [-0.39, 0.29) is 5.56 Å². The van der Waals surface area contributed by atoms with E-state index >= 15 is 0 Å². The molecule has 3 heteroatoms. The summed E-state index contributed by atoms with van der Waals surface area (Å²) in [6.07, 6.45) is 4.45. The van der Waals surface area contributed by atoms with E-state index in [1.165, 1.54) is 18.4 Å². The molecule has 1 aromatic carbocycles. The van der Waals surface area contributed by atoms with Crippen molar-refractivity contribution in [3.63, 3.8) is 0 Å². The summed E-state index contributed by atoms with van der Waals surface area (Å²) in [6.45, 7) is 2.09. The summed E-state index contributed by atoms with van der Waals surface area (Å²) in [5.41, 5.74) is 3.18. The minimum Gasteiger partial charge on any atom is -0.307 e. The SMILES string of the molecule is CCCc1cc(=O)[nH]c(-c2ccc(C3CC3)cc2)n1. The summed E-state index contributed by atoms with van der Waals surface area (Å²) >= 11 is 0. The molecule has 1 aliphatic carbocycles. The van der Waals surface area contributed by atoms with Gasteiger partial charge in [-0.1, -0.05) is 37.6 Å². The highest BCUT2D eigenvalue weighted by atomic mass is 16.1. The standard InChI is InChI=1S/C16H18N2O/c1-2-3-14-10-15(19)18-16(17-14)13-8-6-12(7-9-13)11-4-5-11/h6-11H,2-5H2,1H3,(H,17,18,19). The highest BCUT2D eigenvalue weighted by Crippen LogP contribution is 2.40. The van der Waals surface area contributed by atoms with Gasteiger partial charge in [0, 0.05) is 17.3 Å². The molecule has 0 amide bonds. The van der Waals surface area contributed by atoms with Crippen molar-refractivity contribution in [2.45, 2.75) is 38.5 Å². The van der Waals surface area contributed by atoms with Crippen molar-refractivity contribution in [1.29, 1.82) is 0 Å². The van der Waals surface area contributed by atoms with Gasteiger partial charge >= 0.3 is 0 Å². The zero-order valence-electron chi connectivity index (χ0n) is 11.1. The summed E-state index contributed by atoms with van der Waals surface area (Å²) < 4.78 is 0. The van der Waals surface area contributed by atoms with E-state index in [1.807, 2.05) is 0 Å². The summed E-state index contributed by atoms with van der Waals surface area (Å²) in [5, 5.41) is 0. The minimum atomic E-state index is -0.0697. The number of rotatable bonds is 4. The van der Waals surface area contributed by atoms with Crippen LogP contribution < -0.4 is 5.56 Å². The van der Waals surface area contributed by atoms with E-state index in [4.69, 9.17) is 0 Å². The Bertz CT molecular complexity index is 624. The lowest BCUT2D eigenvalue weighted by Crippen LogP contribution is -2.10. The Morgan fingerprint density at radius 2 is 2.00 bits per heavy atom. The Kier molecular flexibility index (Phi) is 3.20. The third kappa shape index (κ3) is 2.75. The fraction of sp³-hybridized carbons (Fsp3) is 0.375. The summed E-state index contributed by atoms with van der Waals surface area (Å²) in [6, 6.07) is 10.0. The van der Waals surface area contributed by atoms with Crippen molar-refractivity contribution < 1.29 is 0 Å². The molecule has 0 atom stereocenters. The second-order valence-corrected chi connectivity index (χ2v) is 5.23. The van der Waals surface area contributed by atoms with Crippen molar-refractivity contribution in [2.75, 3.05) is 0 Å². The molecule has 1 heterocycles. The Morgan fingerprint density at radius 1 is 1.26 bits per heavy atom. The maximum Gasteiger partial charge on any atom is 0.251 e. The summed E-state index contributed by atoms with van der Waals surface area (Å²) in [4.78, 5) is 19.0. The van der Waals surface area contributed by atoms with Gasteiger partial charge < -0.3 is 4.98 Å². The molecule has 0 unspecified atom stereocenters. The van der Waals surface area contributed by atoms with Crippen LogP contribution in [0.2, 0.25) is 0 Å². The number of aryl methyl sites for hydroxylation is 1. The van der Waals surface area contributed by atoms with E-state index in [0.29, 0.717) is 5.82 Å². The first-order chi connectivity index (χ1) is 9.26. The third-order valence-corrected chi connectivity index (χ3v) is 3.53. The lowest BCUT2D eigenvalue weighted by atomic mass is 10.1. The number of nitrogens with one attached hydrogen (secondary N) is 1. The van der Waals surface area contributed by atoms with Crippen LogP contribution in [0.5, 0.6) is 0 Å². The van der Waals surface area contributed by atoms with Crippen LogP contribution in [0.3, 0.4) is 0 Å². The highest BCUT2D eigenvalue weighted by Gasteiger charge is 2.23. The maximum atomic E-state index is 11.6. The predicted octanol–water partition coefficient (Wildman–Crippen LogP) is 3.27. The Labute approximate surface area is 112 Å². The molecule has 0 spiro atoms. The van der Waals surface area contributed by atoms with Crippen LogP contribution in [0.4, 0.5) is 0 Å². The van der Waals surface area contributed by atoms with Crippen LogP contribution in [0, 0.1) is 0 Å². The van der Waals surface area contributed by atoms with Gasteiger partial charge in [0.05, 0.1) is 0 Å². The molecule has 0 bridgehead atoms. The van der Waals surface area contributed by atoms with Gasteiger partial charge in [-0.25, -0.2) is 4.98 Å². The average molecular weight is 254 g/mol. The first kappa shape index (κ1) is 12.2. The number of hydrogen-bond donors (Lipinski definition) is 1. The largest absolute Gasteiger partial charge is 0.307 e. The van der Waals surface area contributed by atoms with Gasteiger partial charge in [-0.2, -0.15) is 0 Å². The van der Waals surface area contributed by atoms with Gasteiger partial charge in [0.1, 0.15) is 5.82 Å². The van der Waals surface area contributed by atoms with Crippen LogP contribution in [0.25, 0.3) is 11.4 Å². The predicted molar refractivity (Wildman–Crippen MR) is 76.3 cm³/mol. The minimum absolute atomic E-state index is 0.0697. The van der Waals surface area contributed by atoms with Crippen molar-refractivity contribution in [3.05, 3.63) is 51.9 Å². The van der Waals surface area contributed by atoms with E-state index in [9.17, 15) is 4.79 Å². The number of benzene rings is 1. The number of aromatic amines is 1. The number of aromatic nitrogens is 2. The number of nitrogens with zero attached hydrogens (tertiary/aromatic N) is 1. The second-order valence-electron chi connectivity index (χ2n) is 5.23. The maximum absolute atomic E-state index is 11.6. The average Bonchev–Trinajstić information content (AvgIpc) is 3.23. The molecule has 98 valence electrons. The molecule has 1 aromatic heterocycles. The molecule has 3 rings (SSSR count). The zero-order chi connectivity index (χ0) is 13.2. The van der Waals surface area contributed by atoms with Crippen LogP contribution in [0.1, 0.15) is 43.4 Å². The van der Waals surface area contributed by atoms with Gasteiger partial charge in [-0.05, 0) is 30.7 Å². The fourth-order valence-corrected chi connectivity index (χ4v) is 2.36. The van der Waals surface area contributed by atoms with E-state index < -0.39 is 0 Å². The molecule has 0 saturated heterocycles. The first-order valence-electron chi connectivity index (χ1n) is 6.97. The monoisotopic (exact) mass is 254 g/mol. The highest BCUT2D eigenvalue weighted by molar-refractivity contribution is 5.55. The number of H-pyrrole nitrogens is 1. The fourth-order valence-electron chi connectivity index (χ4n) is 2.36. The van der Waals surface area contributed by atoms with Gasteiger partial charge in [0.2, 0.25) is 0 Å². The smallest absolute Gasteiger partial charge is 0.251 e. The van der Waals surface area contributed by atoms with E-state index in [1.54, 1.807) is 6.07 Å². The lowest BCUT2D eigenvalue weighted by Gasteiger charge is -2.05. The molecular formula is C16H18N2O. The molecule has 1 aliphatic rings. The molecule has 2 aromatic rings. The normalized spacial score (nSPS) is 14.6. The first-order valence-corrected chi connectivity index (χ1v) is 6.97. The molecule has 0 aliphatic heterocycles. The van der Waals surface area contributed by atoms with Crippen LogP contribution >= 0.6 is 0 Å². The zero-order valence-corrected chi connectivity index (χ0v) is 11.1. The summed E-state index contributed by atoms with van der Waals surface area (Å²) in [7, 11) is 0. The molecule has 1 fully saturated rings. The van der Waals surface area contributed by atoms with E-state index in [2.05, 4.69) is 41.2 Å². The molecule has 1 saturated carbocycles. The van der Waals surface area contributed by atoms with Gasteiger partial charge in [0.25, 0.3) is 5.56 Å².